The number of fused-ring (bicyclic) bond motifs is 1. The fourth-order valence-corrected chi connectivity index (χ4v) is 3.36. The number of carbonyl (C=O) groups excluding carboxylic acids is 1. The highest BCUT2D eigenvalue weighted by Crippen LogP contribution is 2.28. The van der Waals surface area contributed by atoms with E-state index in [0.717, 1.165) is 25.9 Å². The Morgan fingerprint density at radius 1 is 1.35 bits per heavy atom. The molecule has 0 spiro atoms. The third-order valence-electron chi connectivity index (χ3n) is 4.33. The predicted molar refractivity (Wildman–Crippen MR) is 74.7 cm³/mol. The number of nitrogens with zero attached hydrogens (tertiary/aromatic N) is 1. The molecule has 2 heterocycles. The highest BCUT2D eigenvalue weighted by atomic mass is 19.1. The van der Waals surface area contributed by atoms with Crippen molar-refractivity contribution in [2.24, 2.45) is 5.84 Å². The molecule has 1 amide bonds. The number of carbonyl (C=O) groups is 1. The van der Waals surface area contributed by atoms with Crippen LogP contribution in [0.25, 0.3) is 0 Å². The number of rotatable bonds is 3. The molecule has 1 aromatic carbocycles. The van der Waals surface area contributed by atoms with Gasteiger partial charge in [0.2, 0.25) is 0 Å². The van der Waals surface area contributed by atoms with E-state index in [0.29, 0.717) is 6.04 Å². The molecule has 2 unspecified atom stereocenters. The van der Waals surface area contributed by atoms with Gasteiger partial charge in [-0.05, 0) is 37.9 Å². The molecule has 20 heavy (non-hydrogen) atoms. The minimum Gasteiger partial charge on any atom is -0.348 e. The first-order valence-corrected chi connectivity index (χ1v) is 7.00. The number of nitrogens with one attached hydrogen (secondary N) is 2. The Bertz CT molecular complexity index is 522. The molecular formula is C14H19FN4O. The van der Waals surface area contributed by atoms with Gasteiger partial charge in [-0.1, -0.05) is 6.07 Å². The van der Waals surface area contributed by atoms with Crippen LogP contribution < -0.4 is 16.6 Å². The van der Waals surface area contributed by atoms with Crippen LogP contribution in [0, 0.1) is 5.82 Å². The van der Waals surface area contributed by atoms with E-state index in [2.05, 4.69) is 15.6 Å². The Morgan fingerprint density at radius 2 is 2.20 bits per heavy atom. The molecule has 1 aromatic rings. The van der Waals surface area contributed by atoms with Crippen LogP contribution >= 0.6 is 0 Å². The van der Waals surface area contributed by atoms with Crippen LogP contribution in [0.1, 0.15) is 29.6 Å². The Balaban J connectivity index is 1.75. The molecule has 0 aromatic heterocycles. The van der Waals surface area contributed by atoms with Crippen molar-refractivity contribution in [2.45, 2.75) is 31.3 Å². The maximum atomic E-state index is 13.6. The number of hydrogen-bond donors (Lipinski definition) is 3. The van der Waals surface area contributed by atoms with Crippen molar-refractivity contribution < 1.29 is 9.18 Å². The first-order chi connectivity index (χ1) is 9.70. The van der Waals surface area contributed by atoms with Crippen LogP contribution in [0.3, 0.4) is 0 Å². The van der Waals surface area contributed by atoms with E-state index in [9.17, 15) is 9.18 Å². The van der Waals surface area contributed by atoms with Gasteiger partial charge in [0.05, 0.1) is 11.3 Å². The number of halogens is 1. The van der Waals surface area contributed by atoms with Gasteiger partial charge in [0.15, 0.2) is 0 Å². The number of benzene rings is 1. The lowest BCUT2D eigenvalue weighted by molar-refractivity contribution is 0.0930. The fourth-order valence-electron chi connectivity index (χ4n) is 3.36. The molecule has 2 atom stereocenters. The van der Waals surface area contributed by atoms with Gasteiger partial charge in [-0.3, -0.25) is 15.5 Å². The zero-order chi connectivity index (χ0) is 14.1. The standard InChI is InChI=1S/C14H19FN4O/c15-10-4-1-3-9(13(10)18-16)14(20)17-11-6-8-19-7-2-5-12(11)19/h1,3-4,11-12,18H,2,5-8,16H2,(H,17,20). The van der Waals surface area contributed by atoms with Crippen LogP contribution in [-0.2, 0) is 0 Å². The quantitative estimate of drug-likeness (QED) is 0.571. The summed E-state index contributed by atoms with van der Waals surface area (Å²) in [4.78, 5) is 14.7. The van der Waals surface area contributed by atoms with E-state index in [1.54, 1.807) is 6.07 Å². The first-order valence-electron chi connectivity index (χ1n) is 7.00. The van der Waals surface area contributed by atoms with Crippen molar-refractivity contribution in [3.8, 4) is 0 Å². The molecular weight excluding hydrogens is 259 g/mol. The molecule has 2 aliphatic rings. The Kier molecular flexibility index (Phi) is 3.58. The average molecular weight is 278 g/mol. The van der Waals surface area contributed by atoms with Crippen LogP contribution in [0.4, 0.5) is 10.1 Å². The summed E-state index contributed by atoms with van der Waals surface area (Å²) >= 11 is 0. The molecule has 0 saturated carbocycles. The number of nitrogen functional groups attached to an aromatic ring is 1. The summed E-state index contributed by atoms with van der Waals surface area (Å²) in [5, 5.41) is 3.03. The van der Waals surface area contributed by atoms with Gasteiger partial charge in [-0.25, -0.2) is 4.39 Å². The molecule has 2 saturated heterocycles. The van der Waals surface area contributed by atoms with Gasteiger partial charge < -0.3 is 10.7 Å². The van der Waals surface area contributed by atoms with E-state index in [4.69, 9.17) is 5.84 Å². The molecule has 0 aliphatic carbocycles. The number of hydrogen-bond acceptors (Lipinski definition) is 4. The molecule has 0 bridgehead atoms. The second-order valence-electron chi connectivity index (χ2n) is 5.42. The van der Waals surface area contributed by atoms with Gasteiger partial charge in [0.25, 0.3) is 5.91 Å². The normalized spacial score (nSPS) is 25.5. The summed E-state index contributed by atoms with van der Waals surface area (Å²) in [5.41, 5.74) is 2.57. The zero-order valence-corrected chi connectivity index (χ0v) is 11.2. The molecule has 108 valence electrons. The molecule has 4 N–H and O–H groups in total. The first kappa shape index (κ1) is 13.3. The lowest BCUT2D eigenvalue weighted by Gasteiger charge is -2.21. The summed E-state index contributed by atoms with van der Waals surface area (Å²) in [7, 11) is 0. The van der Waals surface area contributed by atoms with Crippen molar-refractivity contribution in [1.29, 1.82) is 0 Å². The lowest BCUT2D eigenvalue weighted by Crippen LogP contribution is -2.42. The topological polar surface area (TPSA) is 70.4 Å². The van der Waals surface area contributed by atoms with Gasteiger partial charge in [-0.2, -0.15) is 0 Å². The third-order valence-corrected chi connectivity index (χ3v) is 4.33. The summed E-state index contributed by atoms with van der Waals surface area (Å²) in [6.45, 7) is 2.15. The fraction of sp³-hybridized carbons (Fsp3) is 0.500. The third kappa shape index (κ3) is 2.25. The zero-order valence-electron chi connectivity index (χ0n) is 11.2. The highest BCUT2D eigenvalue weighted by molar-refractivity contribution is 5.99. The molecule has 6 heteroatoms. The van der Waals surface area contributed by atoms with E-state index in [1.807, 2.05) is 0 Å². The van der Waals surface area contributed by atoms with Gasteiger partial charge >= 0.3 is 0 Å². The SMILES string of the molecule is NNc1c(F)cccc1C(=O)NC1CCN2CCCC12. The smallest absolute Gasteiger partial charge is 0.253 e. The van der Waals surface area contributed by atoms with Gasteiger partial charge in [0, 0.05) is 18.6 Å². The summed E-state index contributed by atoms with van der Waals surface area (Å²) in [5.74, 6) is 4.52. The lowest BCUT2D eigenvalue weighted by atomic mass is 10.1. The maximum absolute atomic E-state index is 13.6. The molecule has 2 fully saturated rings. The van der Waals surface area contributed by atoms with Crippen molar-refractivity contribution in [2.75, 3.05) is 18.5 Å². The maximum Gasteiger partial charge on any atom is 0.253 e. The molecule has 5 nitrogen and oxygen atoms in total. The average Bonchev–Trinajstić information content (AvgIpc) is 3.03. The molecule has 0 radical (unpaired) electrons. The van der Waals surface area contributed by atoms with Gasteiger partial charge in [-0.15, -0.1) is 0 Å². The van der Waals surface area contributed by atoms with Crippen LogP contribution in [0.5, 0.6) is 0 Å². The monoisotopic (exact) mass is 278 g/mol. The predicted octanol–water partition coefficient (Wildman–Crippen LogP) is 1.08. The minimum absolute atomic E-state index is 0.0475. The van der Waals surface area contributed by atoms with Crippen molar-refractivity contribution in [1.82, 2.24) is 10.2 Å². The Hall–Kier alpha value is -1.66. The van der Waals surface area contributed by atoms with E-state index in [1.165, 1.54) is 18.6 Å². The summed E-state index contributed by atoms with van der Waals surface area (Å²) < 4.78 is 13.6. The van der Waals surface area contributed by atoms with Crippen LogP contribution in [0.15, 0.2) is 18.2 Å². The Labute approximate surface area is 117 Å². The number of amides is 1. The summed E-state index contributed by atoms with van der Waals surface area (Å²) in [6, 6.07) is 4.96. The Morgan fingerprint density at radius 3 is 3.00 bits per heavy atom. The van der Waals surface area contributed by atoms with Gasteiger partial charge in [0.1, 0.15) is 5.82 Å². The minimum atomic E-state index is -0.519. The van der Waals surface area contributed by atoms with Crippen molar-refractivity contribution >= 4 is 11.6 Å². The van der Waals surface area contributed by atoms with Crippen molar-refractivity contribution in [3.63, 3.8) is 0 Å². The molecule has 2 aliphatic heterocycles. The second kappa shape index (κ2) is 5.38. The number of anilines is 1. The van der Waals surface area contributed by atoms with Crippen molar-refractivity contribution in [3.05, 3.63) is 29.6 Å². The largest absolute Gasteiger partial charge is 0.348 e. The van der Waals surface area contributed by atoms with E-state index < -0.39 is 5.82 Å². The van der Waals surface area contributed by atoms with Crippen LogP contribution in [0.2, 0.25) is 0 Å². The number of nitrogens with two attached hydrogens (primary N) is 1. The summed E-state index contributed by atoms with van der Waals surface area (Å²) in [6.07, 6.45) is 3.26. The van der Waals surface area contributed by atoms with E-state index >= 15 is 0 Å². The second-order valence-corrected chi connectivity index (χ2v) is 5.42. The number of hydrazine groups is 1. The highest BCUT2D eigenvalue weighted by Gasteiger charge is 2.38. The van der Waals surface area contributed by atoms with E-state index in [-0.39, 0.29) is 23.2 Å². The van der Waals surface area contributed by atoms with Crippen LogP contribution in [-0.4, -0.2) is 36.0 Å². The molecule has 3 rings (SSSR count). The number of para-hydroxylation sites is 1.